The van der Waals surface area contributed by atoms with Crippen LogP contribution in [0.4, 0.5) is 5.95 Å². The third-order valence-corrected chi connectivity index (χ3v) is 3.30. The van der Waals surface area contributed by atoms with E-state index in [0.717, 1.165) is 18.8 Å². The van der Waals surface area contributed by atoms with Gasteiger partial charge in [-0.15, -0.1) is 4.98 Å². The highest BCUT2D eigenvalue weighted by molar-refractivity contribution is 5.25. The summed E-state index contributed by atoms with van der Waals surface area (Å²) in [5.74, 6) is 6.37. The molecular weight excluding hydrogens is 258 g/mol. The first-order valence-corrected chi connectivity index (χ1v) is 7.13. The Morgan fingerprint density at radius 2 is 1.75 bits per heavy atom. The second-order valence-electron chi connectivity index (χ2n) is 5.53. The van der Waals surface area contributed by atoms with E-state index >= 15 is 0 Å². The standard InChI is InChI=1S/C13H23N5O2/c1-8(2)19-12-15-11(18-14)16-13(17-12)20-10-6-4-9(3)5-7-10/h8-10H,4-7,14H2,1-3H3,(H,15,16,17,18). The molecule has 7 heteroatoms. The average molecular weight is 281 g/mol. The molecule has 0 aliphatic heterocycles. The van der Waals surface area contributed by atoms with Crippen LogP contribution >= 0.6 is 0 Å². The molecule has 0 amide bonds. The molecule has 1 aromatic heterocycles. The maximum atomic E-state index is 5.83. The molecule has 1 saturated carbocycles. The maximum Gasteiger partial charge on any atom is 0.324 e. The van der Waals surface area contributed by atoms with E-state index in [2.05, 4.69) is 27.3 Å². The maximum absolute atomic E-state index is 5.83. The molecule has 0 radical (unpaired) electrons. The Kier molecular flexibility index (Phi) is 4.94. The SMILES string of the molecule is CC1CCC(Oc2nc(NN)nc(OC(C)C)n2)CC1. The number of ether oxygens (including phenoxy) is 2. The van der Waals surface area contributed by atoms with Crippen molar-refractivity contribution in [3.8, 4) is 12.0 Å². The smallest absolute Gasteiger partial charge is 0.324 e. The zero-order chi connectivity index (χ0) is 14.5. The topological polar surface area (TPSA) is 95.2 Å². The van der Waals surface area contributed by atoms with Gasteiger partial charge < -0.3 is 9.47 Å². The van der Waals surface area contributed by atoms with Crippen LogP contribution in [0.3, 0.4) is 0 Å². The summed E-state index contributed by atoms with van der Waals surface area (Å²) in [5, 5.41) is 0. The molecule has 0 bridgehead atoms. The van der Waals surface area contributed by atoms with Gasteiger partial charge in [-0.25, -0.2) is 5.84 Å². The Morgan fingerprint density at radius 1 is 1.10 bits per heavy atom. The van der Waals surface area contributed by atoms with E-state index in [0.29, 0.717) is 0 Å². The second kappa shape index (κ2) is 6.69. The van der Waals surface area contributed by atoms with Crippen LogP contribution in [-0.4, -0.2) is 27.2 Å². The Bertz CT molecular complexity index is 433. The molecule has 0 atom stereocenters. The highest BCUT2D eigenvalue weighted by Gasteiger charge is 2.21. The average Bonchev–Trinajstić information content (AvgIpc) is 2.40. The third-order valence-electron chi connectivity index (χ3n) is 3.30. The fraction of sp³-hybridized carbons (Fsp3) is 0.769. The molecule has 1 aliphatic carbocycles. The number of nitrogens with one attached hydrogen (secondary N) is 1. The summed E-state index contributed by atoms with van der Waals surface area (Å²) in [4.78, 5) is 12.3. The van der Waals surface area contributed by atoms with Gasteiger partial charge in [-0.3, -0.25) is 5.43 Å². The monoisotopic (exact) mass is 281 g/mol. The molecule has 0 aromatic carbocycles. The number of hydrazine groups is 1. The molecule has 0 unspecified atom stereocenters. The van der Waals surface area contributed by atoms with Crippen LogP contribution in [0.15, 0.2) is 0 Å². The van der Waals surface area contributed by atoms with E-state index in [1.54, 1.807) is 0 Å². The van der Waals surface area contributed by atoms with Crippen molar-refractivity contribution in [2.45, 2.75) is 58.7 Å². The predicted molar refractivity (Wildman–Crippen MR) is 75.4 cm³/mol. The Labute approximate surface area is 119 Å². The number of nitrogens with zero attached hydrogens (tertiary/aromatic N) is 3. The lowest BCUT2D eigenvalue weighted by Crippen LogP contribution is -2.24. The highest BCUT2D eigenvalue weighted by atomic mass is 16.5. The first kappa shape index (κ1) is 14.8. The Hall–Kier alpha value is -1.63. The van der Waals surface area contributed by atoms with Crippen LogP contribution in [0, 0.1) is 5.92 Å². The van der Waals surface area contributed by atoms with Crippen LogP contribution in [0.5, 0.6) is 12.0 Å². The number of anilines is 1. The van der Waals surface area contributed by atoms with Crippen molar-refractivity contribution in [2.75, 3.05) is 5.43 Å². The van der Waals surface area contributed by atoms with Crippen LogP contribution in [0.1, 0.15) is 46.5 Å². The van der Waals surface area contributed by atoms with Crippen LogP contribution in [0.25, 0.3) is 0 Å². The molecule has 1 fully saturated rings. The quantitative estimate of drug-likeness (QED) is 0.628. The fourth-order valence-corrected chi connectivity index (χ4v) is 2.22. The summed E-state index contributed by atoms with van der Waals surface area (Å²) in [7, 11) is 0. The van der Waals surface area contributed by atoms with Gasteiger partial charge in [0.1, 0.15) is 6.10 Å². The first-order valence-electron chi connectivity index (χ1n) is 7.13. The van der Waals surface area contributed by atoms with Gasteiger partial charge in [0.25, 0.3) is 0 Å². The van der Waals surface area contributed by atoms with Crippen LogP contribution < -0.4 is 20.7 Å². The minimum Gasteiger partial charge on any atom is -0.461 e. The normalized spacial score (nSPS) is 22.6. The number of hydrogen-bond acceptors (Lipinski definition) is 7. The van der Waals surface area contributed by atoms with E-state index in [1.165, 1.54) is 12.8 Å². The van der Waals surface area contributed by atoms with E-state index in [1.807, 2.05) is 13.8 Å². The Balaban J connectivity index is 2.06. The predicted octanol–water partition coefficient (Wildman–Crippen LogP) is 1.90. The summed E-state index contributed by atoms with van der Waals surface area (Å²) in [6.45, 7) is 6.08. The lowest BCUT2D eigenvalue weighted by atomic mass is 9.89. The van der Waals surface area contributed by atoms with E-state index < -0.39 is 0 Å². The van der Waals surface area contributed by atoms with Crippen molar-refractivity contribution >= 4 is 5.95 Å². The Morgan fingerprint density at radius 3 is 2.35 bits per heavy atom. The van der Waals surface area contributed by atoms with Gasteiger partial charge in [-0.1, -0.05) is 6.92 Å². The lowest BCUT2D eigenvalue weighted by Gasteiger charge is -2.26. The zero-order valence-electron chi connectivity index (χ0n) is 12.3. The van der Waals surface area contributed by atoms with E-state index in [-0.39, 0.29) is 30.2 Å². The lowest BCUT2D eigenvalue weighted by molar-refractivity contribution is 0.121. The number of rotatable bonds is 5. The van der Waals surface area contributed by atoms with E-state index in [9.17, 15) is 0 Å². The molecule has 112 valence electrons. The zero-order valence-corrected chi connectivity index (χ0v) is 12.3. The van der Waals surface area contributed by atoms with Crippen LogP contribution in [0.2, 0.25) is 0 Å². The summed E-state index contributed by atoms with van der Waals surface area (Å²) >= 11 is 0. The third kappa shape index (κ3) is 4.19. The molecule has 1 aliphatic rings. The highest BCUT2D eigenvalue weighted by Crippen LogP contribution is 2.26. The summed E-state index contributed by atoms with van der Waals surface area (Å²) in [6.07, 6.45) is 4.54. The van der Waals surface area contributed by atoms with Gasteiger partial charge >= 0.3 is 12.0 Å². The summed E-state index contributed by atoms with van der Waals surface area (Å²) in [5.41, 5.74) is 2.40. The van der Waals surface area contributed by atoms with Crippen molar-refractivity contribution in [2.24, 2.45) is 11.8 Å². The largest absolute Gasteiger partial charge is 0.461 e. The fourth-order valence-electron chi connectivity index (χ4n) is 2.22. The molecular formula is C13H23N5O2. The minimum atomic E-state index is -0.0218. The molecule has 7 nitrogen and oxygen atoms in total. The first-order chi connectivity index (χ1) is 9.56. The van der Waals surface area contributed by atoms with Crippen molar-refractivity contribution in [3.63, 3.8) is 0 Å². The number of aromatic nitrogens is 3. The summed E-state index contributed by atoms with van der Waals surface area (Å²) in [6, 6.07) is 0.491. The molecule has 0 saturated heterocycles. The number of nitrogen functional groups attached to an aromatic ring is 1. The van der Waals surface area contributed by atoms with Crippen molar-refractivity contribution < 1.29 is 9.47 Å². The molecule has 2 rings (SSSR count). The minimum absolute atomic E-state index is 0.0218. The molecule has 3 N–H and O–H groups in total. The van der Waals surface area contributed by atoms with Crippen molar-refractivity contribution in [1.82, 2.24) is 15.0 Å². The number of hydrogen-bond donors (Lipinski definition) is 2. The van der Waals surface area contributed by atoms with Gasteiger partial charge in [-0.05, 0) is 45.4 Å². The summed E-state index contributed by atoms with van der Waals surface area (Å²) < 4.78 is 11.3. The molecule has 1 aromatic rings. The van der Waals surface area contributed by atoms with Crippen molar-refractivity contribution in [1.29, 1.82) is 0 Å². The van der Waals surface area contributed by atoms with E-state index in [4.69, 9.17) is 15.3 Å². The second-order valence-corrected chi connectivity index (χ2v) is 5.53. The number of nitrogens with two attached hydrogens (primary N) is 1. The molecule has 20 heavy (non-hydrogen) atoms. The van der Waals surface area contributed by atoms with Gasteiger partial charge in [0, 0.05) is 0 Å². The van der Waals surface area contributed by atoms with Crippen molar-refractivity contribution in [3.05, 3.63) is 0 Å². The molecule has 0 spiro atoms. The van der Waals surface area contributed by atoms with Gasteiger partial charge in [0.15, 0.2) is 0 Å². The van der Waals surface area contributed by atoms with Gasteiger partial charge in [0.2, 0.25) is 5.95 Å². The van der Waals surface area contributed by atoms with Crippen LogP contribution in [-0.2, 0) is 0 Å². The molecule has 1 heterocycles. The van der Waals surface area contributed by atoms with Gasteiger partial charge in [0.05, 0.1) is 6.10 Å². The van der Waals surface area contributed by atoms with Gasteiger partial charge in [-0.2, -0.15) is 9.97 Å².